The minimum absolute atomic E-state index is 0.0987. The maximum atomic E-state index is 12.5. The van der Waals surface area contributed by atoms with Gasteiger partial charge in [-0.15, -0.1) is 0 Å². The van der Waals surface area contributed by atoms with Gasteiger partial charge in [0.15, 0.2) is 0 Å². The molecule has 1 aliphatic rings. The largest absolute Gasteiger partial charge is 0.494 e. The topological polar surface area (TPSA) is 41.6 Å². The maximum absolute atomic E-state index is 12.5. The summed E-state index contributed by atoms with van der Waals surface area (Å²) in [6, 6.07) is 15.9. The van der Waals surface area contributed by atoms with Crippen molar-refractivity contribution in [2.24, 2.45) is 5.92 Å². The van der Waals surface area contributed by atoms with Crippen LogP contribution in [-0.2, 0) is 17.9 Å². The van der Waals surface area contributed by atoms with Crippen LogP contribution in [-0.4, -0.2) is 30.5 Å². The van der Waals surface area contributed by atoms with Crippen LogP contribution in [0.2, 0.25) is 5.02 Å². The van der Waals surface area contributed by atoms with Crippen LogP contribution in [0.1, 0.15) is 30.9 Å². The predicted molar refractivity (Wildman–Crippen MR) is 109 cm³/mol. The van der Waals surface area contributed by atoms with Crippen molar-refractivity contribution >= 4 is 17.5 Å². The molecule has 144 valence electrons. The maximum Gasteiger partial charge on any atom is 0.223 e. The fourth-order valence-corrected chi connectivity index (χ4v) is 3.57. The van der Waals surface area contributed by atoms with E-state index in [9.17, 15) is 4.79 Å². The Morgan fingerprint density at radius 2 is 1.89 bits per heavy atom. The second-order valence-corrected chi connectivity index (χ2v) is 7.41. The van der Waals surface area contributed by atoms with Crippen molar-refractivity contribution in [1.82, 2.24) is 10.2 Å². The molecule has 1 aliphatic heterocycles. The highest BCUT2D eigenvalue weighted by molar-refractivity contribution is 6.30. The molecule has 0 unspecified atom stereocenters. The van der Waals surface area contributed by atoms with Crippen LogP contribution >= 0.6 is 11.6 Å². The molecule has 0 bridgehead atoms. The Hall–Kier alpha value is -2.04. The SMILES string of the molecule is CCOc1cccc(CNC(=O)C2CCN(Cc3ccc(Cl)cc3)CC2)c1. The Kier molecular flexibility index (Phi) is 7.13. The molecule has 27 heavy (non-hydrogen) atoms. The molecule has 5 heteroatoms. The lowest BCUT2D eigenvalue weighted by molar-refractivity contribution is -0.126. The third kappa shape index (κ3) is 5.98. The standard InChI is InChI=1S/C22H27ClN2O2/c1-2-27-21-5-3-4-18(14-21)15-24-22(26)19-10-12-25(13-11-19)16-17-6-8-20(23)9-7-17/h3-9,14,19H,2,10-13,15-16H2,1H3,(H,24,26). The zero-order chi connectivity index (χ0) is 19.1. The fourth-order valence-electron chi connectivity index (χ4n) is 3.45. The summed E-state index contributed by atoms with van der Waals surface area (Å²) in [5.74, 6) is 1.10. The average Bonchev–Trinajstić information content (AvgIpc) is 2.69. The minimum Gasteiger partial charge on any atom is -0.494 e. The number of halogens is 1. The minimum atomic E-state index is 0.0987. The summed E-state index contributed by atoms with van der Waals surface area (Å²) < 4.78 is 5.51. The Labute approximate surface area is 166 Å². The van der Waals surface area contributed by atoms with Crippen LogP contribution in [0.15, 0.2) is 48.5 Å². The van der Waals surface area contributed by atoms with Crippen molar-refractivity contribution in [2.45, 2.75) is 32.9 Å². The number of likely N-dealkylation sites (tertiary alicyclic amines) is 1. The molecule has 0 radical (unpaired) electrons. The van der Waals surface area contributed by atoms with Gasteiger partial charge in [-0.05, 0) is 68.2 Å². The monoisotopic (exact) mass is 386 g/mol. The normalized spacial score (nSPS) is 15.5. The summed E-state index contributed by atoms with van der Waals surface area (Å²) in [7, 11) is 0. The first-order chi connectivity index (χ1) is 13.1. The van der Waals surface area contributed by atoms with E-state index < -0.39 is 0 Å². The lowest BCUT2D eigenvalue weighted by atomic mass is 9.95. The number of piperidine rings is 1. The average molecular weight is 387 g/mol. The summed E-state index contributed by atoms with van der Waals surface area (Å²) in [4.78, 5) is 14.9. The van der Waals surface area contributed by atoms with Gasteiger partial charge in [0, 0.05) is 24.0 Å². The van der Waals surface area contributed by atoms with Crippen molar-refractivity contribution in [3.8, 4) is 5.75 Å². The second-order valence-electron chi connectivity index (χ2n) is 6.98. The number of nitrogens with zero attached hydrogens (tertiary/aromatic N) is 1. The van der Waals surface area contributed by atoms with Gasteiger partial charge >= 0.3 is 0 Å². The second kappa shape index (κ2) is 9.77. The molecule has 1 heterocycles. The summed E-state index contributed by atoms with van der Waals surface area (Å²) >= 11 is 5.94. The molecule has 0 aliphatic carbocycles. The van der Waals surface area contributed by atoms with Crippen molar-refractivity contribution < 1.29 is 9.53 Å². The zero-order valence-corrected chi connectivity index (χ0v) is 16.5. The van der Waals surface area contributed by atoms with E-state index in [0.29, 0.717) is 13.2 Å². The van der Waals surface area contributed by atoms with E-state index in [1.807, 2.05) is 43.3 Å². The Morgan fingerprint density at radius 3 is 2.59 bits per heavy atom. The van der Waals surface area contributed by atoms with Crippen LogP contribution in [0.4, 0.5) is 0 Å². The number of carbonyl (C=O) groups is 1. The van der Waals surface area contributed by atoms with Crippen LogP contribution in [0, 0.1) is 5.92 Å². The highest BCUT2D eigenvalue weighted by Crippen LogP contribution is 2.20. The van der Waals surface area contributed by atoms with Crippen LogP contribution in [0.5, 0.6) is 5.75 Å². The number of nitrogens with one attached hydrogen (secondary N) is 1. The van der Waals surface area contributed by atoms with E-state index in [4.69, 9.17) is 16.3 Å². The van der Waals surface area contributed by atoms with E-state index in [1.165, 1.54) is 5.56 Å². The zero-order valence-electron chi connectivity index (χ0n) is 15.8. The van der Waals surface area contributed by atoms with Gasteiger partial charge in [-0.3, -0.25) is 9.69 Å². The Morgan fingerprint density at radius 1 is 1.15 bits per heavy atom. The highest BCUT2D eigenvalue weighted by atomic mass is 35.5. The molecule has 2 aromatic carbocycles. The summed E-state index contributed by atoms with van der Waals surface area (Å²) in [6.45, 7) is 5.96. The number of hydrogen-bond acceptors (Lipinski definition) is 3. The van der Waals surface area contributed by atoms with Gasteiger partial charge in [-0.2, -0.15) is 0 Å². The summed E-state index contributed by atoms with van der Waals surface area (Å²) in [5, 5.41) is 3.85. The van der Waals surface area contributed by atoms with Crippen molar-refractivity contribution in [3.63, 3.8) is 0 Å². The van der Waals surface area contributed by atoms with Crippen LogP contribution in [0.25, 0.3) is 0 Å². The molecule has 3 rings (SSSR count). The molecule has 1 fully saturated rings. The number of carbonyl (C=O) groups excluding carboxylic acids is 1. The van der Waals surface area contributed by atoms with Gasteiger partial charge < -0.3 is 10.1 Å². The molecular formula is C22H27ClN2O2. The molecule has 0 aromatic heterocycles. The van der Waals surface area contributed by atoms with E-state index in [-0.39, 0.29) is 11.8 Å². The fraction of sp³-hybridized carbons (Fsp3) is 0.409. The highest BCUT2D eigenvalue weighted by Gasteiger charge is 2.24. The molecule has 4 nitrogen and oxygen atoms in total. The molecule has 1 amide bonds. The number of benzene rings is 2. The molecule has 0 saturated carbocycles. The van der Waals surface area contributed by atoms with Gasteiger partial charge in [0.25, 0.3) is 0 Å². The lowest BCUT2D eigenvalue weighted by Gasteiger charge is -2.31. The molecule has 0 atom stereocenters. The summed E-state index contributed by atoms with van der Waals surface area (Å²) in [5.41, 5.74) is 2.32. The van der Waals surface area contributed by atoms with Gasteiger partial charge in [0.1, 0.15) is 5.75 Å². The third-order valence-corrected chi connectivity index (χ3v) is 5.21. The van der Waals surface area contributed by atoms with Gasteiger partial charge in [-0.25, -0.2) is 0 Å². The van der Waals surface area contributed by atoms with Crippen molar-refractivity contribution in [1.29, 1.82) is 0 Å². The number of rotatable bonds is 7. The van der Waals surface area contributed by atoms with E-state index in [2.05, 4.69) is 22.3 Å². The number of hydrogen-bond donors (Lipinski definition) is 1. The van der Waals surface area contributed by atoms with Crippen LogP contribution in [0.3, 0.4) is 0 Å². The smallest absolute Gasteiger partial charge is 0.223 e. The Balaban J connectivity index is 1.43. The molecule has 2 aromatic rings. The molecule has 0 spiro atoms. The predicted octanol–water partition coefficient (Wildman–Crippen LogP) is 4.27. The molecule has 1 N–H and O–H groups in total. The van der Waals surface area contributed by atoms with Crippen LogP contribution < -0.4 is 10.1 Å². The number of amides is 1. The van der Waals surface area contributed by atoms with Gasteiger partial charge in [0.05, 0.1) is 6.61 Å². The molecule has 1 saturated heterocycles. The summed E-state index contributed by atoms with van der Waals surface area (Å²) in [6.07, 6.45) is 1.80. The van der Waals surface area contributed by atoms with E-state index in [0.717, 1.165) is 48.8 Å². The molecular weight excluding hydrogens is 360 g/mol. The first-order valence-corrected chi connectivity index (χ1v) is 9.98. The quantitative estimate of drug-likeness (QED) is 0.772. The Bertz CT molecular complexity index is 740. The van der Waals surface area contributed by atoms with Crippen molar-refractivity contribution in [2.75, 3.05) is 19.7 Å². The van der Waals surface area contributed by atoms with Gasteiger partial charge in [0.2, 0.25) is 5.91 Å². The van der Waals surface area contributed by atoms with E-state index >= 15 is 0 Å². The first-order valence-electron chi connectivity index (χ1n) is 9.60. The van der Waals surface area contributed by atoms with Crippen molar-refractivity contribution in [3.05, 3.63) is 64.7 Å². The van der Waals surface area contributed by atoms with E-state index in [1.54, 1.807) is 0 Å². The van der Waals surface area contributed by atoms with Gasteiger partial charge in [-0.1, -0.05) is 35.9 Å². The third-order valence-electron chi connectivity index (χ3n) is 4.95. The lowest BCUT2D eigenvalue weighted by Crippen LogP contribution is -2.40. The first kappa shape index (κ1) is 19.7. The number of ether oxygens (including phenoxy) is 1.